The molecule has 16 heavy (non-hydrogen) atoms. The van der Waals surface area contributed by atoms with Gasteiger partial charge in [0, 0.05) is 0 Å². The molecule has 0 saturated heterocycles. The van der Waals surface area contributed by atoms with Gasteiger partial charge in [-0.2, -0.15) is 5.10 Å². The summed E-state index contributed by atoms with van der Waals surface area (Å²) >= 11 is 0. The number of hydrogen-bond donors (Lipinski definition) is 2. The van der Waals surface area contributed by atoms with Gasteiger partial charge in [-0.25, -0.2) is 4.79 Å². The van der Waals surface area contributed by atoms with Crippen LogP contribution in [-0.2, 0) is 4.74 Å². The maximum absolute atomic E-state index is 11.2. The molecule has 0 aliphatic heterocycles. The average molecular weight is 227 g/mol. The quantitative estimate of drug-likeness (QED) is 0.760. The maximum atomic E-state index is 11.2. The van der Waals surface area contributed by atoms with Crippen LogP contribution < -0.4 is 10.1 Å². The van der Waals surface area contributed by atoms with E-state index in [1.54, 1.807) is 12.4 Å². The minimum absolute atomic E-state index is 0.374. The number of carbonyl (C=O) groups is 1. The van der Waals surface area contributed by atoms with Gasteiger partial charge in [0.1, 0.15) is 12.2 Å². The van der Waals surface area contributed by atoms with Crippen molar-refractivity contribution in [2.75, 3.05) is 13.2 Å². The lowest BCUT2D eigenvalue weighted by atomic mass is 10.2. The molecule has 1 heterocycles. The van der Waals surface area contributed by atoms with E-state index in [-0.39, 0.29) is 0 Å². The van der Waals surface area contributed by atoms with Crippen LogP contribution in [-0.4, -0.2) is 35.0 Å². The van der Waals surface area contributed by atoms with Gasteiger partial charge in [0.05, 0.1) is 18.9 Å². The highest BCUT2D eigenvalue weighted by Gasteiger charge is 2.15. The Kier molecular flexibility index (Phi) is 4.16. The summed E-state index contributed by atoms with van der Waals surface area (Å²) in [5.41, 5.74) is -0.477. The van der Waals surface area contributed by atoms with Crippen molar-refractivity contribution in [1.82, 2.24) is 15.5 Å². The Bertz CT molecular complexity index is 317. The zero-order valence-electron chi connectivity index (χ0n) is 9.74. The van der Waals surface area contributed by atoms with Crippen molar-refractivity contribution < 1.29 is 14.3 Å². The van der Waals surface area contributed by atoms with Gasteiger partial charge in [0.25, 0.3) is 0 Å². The molecule has 6 heteroatoms. The molecule has 0 saturated carbocycles. The fourth-order valence-corrected chi connectivity index (χ4v) is 0.954. The van der Waals surface area contributed by atoms with Crippen LogP contribution in [0.4, 0.5) is 4.79 Å². The highest BCUT2D eigenvalue weighted by atomic mass is 16.6. The van der Waals surface area contributed by atoms with Gasteiger partial charge in [-0.1, -0.05) is 0 Å². The molecule has 0 aliphatic carbocycles. The summed E-state index contributed by atoms with van der Waals surface area (Å²) < 4.78 is 10.3. The van der Waals surface area contributed by atoms with Crippen molar-refractivity contribution in [3.8, 4) is 5.75 Å². The fourth-order valence-electron chi connectivity index (χ4n) is 0.954. The normalized spacial score (nSPS) is 10.9. The molecule has 1 rings (SSSR count). The lowest BCUT2D eigenvalue weighted by molar-refractivity contribution is 0.0520. The second-order valence-electron chi connectivity index (χ2n) is 4.21. The predicted molar refractivity (Wildman–Crippen MR) is 58.3 cm³/mol. The van der Waals surface area contributed by atoms with Gasteiger partial charge in [-0.3, -0.25) is 5.10 Å². The lowest BCUT2D eigenvalue weighted by Gasteiger charge is -2.19. The molecule has 0 aliphatic rings. The van der Waals surface area contributed by atoms with Gasteiger partial charge < -0.3 is 14.8 Å². The first-order valence-electron chi connectivity index (χ1n) is 5.06. The molecule has 1 aromatic rings. The van der Waals surface area contributed by atoms with Crippen LogP contribution in [0.1, 0.15) is 20.8 Å². The number of H-pyrrole nitrogens is 1. The third kappa shape index (κ3) is 5.23. The highest BCUT2D eigenvalue weighted by Crippen LogP contribution is 2.06. The standard InChI is InChI=1S/C10H17N3O3/c1-10(2,3)16-9(14)11-4-5-15-8-6-12-13-7-8/h6-7H,4-5H2,1-3H3,(H,11,14)(H,12,13). The first-order valence-corrected chi connectivity index (χ1v) is 5.06. The van der Waals surface area contributed by atoms with Crippen LogP contribution >= 0.6 is 0 Å². The van der Waals surface area contributed by atoms with E-state index in [4.69, 9.17) is 9.47 Å². The summed E-state index contributed by atoms with van der Waals surface area (Å²) in [5, 5.41) is 8.93. The molecule has 2 N–H and O–H groups in total. The van der Waals surface area contributed by atoms with Crippen LogP contribution in [0.2, 0.25) is 0 Å². The first kappa shape index (κ1) is 12.4. The van der Waals surface area contributed by atoms with Crippen LogP contribution in [0.15, 0.2) is 12.4 Å². The monoisotopic (exact) mass is 227 g/mol. The summed E-state index contributed by atoms with van der Waals surface area (Å²) in [6.07, 6.45) is 2.75. The van der Waals surface area contributed by atoms with Crippen LogP contribution in [0.25, 0.3) is 0 Å². The van der Waals surface area contributed by atoms with Crippen molar-refractivity contribution in [3.63, 3.8) is 0 Å². The van der Waals surface area contributed by atoms with E-state index in [9.17, 15) is 4.79 Å². The molecule has 0 aromatic carbocycles. The first-order chi connectivity index (χ1) is 7.47. The van der Waals surface area contributed by atoms with Crippen LogP contribution in [0.5, 0.6) is 5.75 Å². The van der Waals surface area contributed by atoms with E-state index in [0.717, 1.165) is 0 Å². The van der Waals surface area contributed by atoms with E-state index in [2.05, 4.69) is 15.5 Å². The summed E-state index contributed by atoms with van der Waals surface area (Å²) in [6.45, 7) is 6.20. The Morgan fingerprint density at radius 1 is 1.56 bits per heavy atom. The number of carbonyl (C=O) groups excluding carboxylic acids is 1. The lowest BCUT2D eigenvalue weighted by Crippen LogP contribution is -2.34. The van der Waals surface area contributed by atoms with Crippen LogP contribution in [0.3, 0.4) is 0 Å². The minimum atomic E-state index is -0.477. The third-order valence-corrected chi connectivity index (χ3v) is 1.51. The minimum Gasteiger partial charge on any atom is -0.488 e. The van der Waals surface area contributed by atoms with E-state index in [1.807, 2.05) is 20.8 Å². The number of nitrogens with one attached hydrogen (secondary N) is 2. The molecule has 0 fully saturated rings. The van der Waals surface area contributed by atoms with E-state index >= 15 is 0 Å². The number of nitrogens with zero attached hydrogens (tertiary/aromatic N) is 1. The summed E-state index contributed by atoms with van der Waals surface area (Å²) in [4.78, 5) is 11.2. The van der Waals surface area contributed by atoms with E-state index in [1.165, 1.54) is 0 Å². The number of rotatable bonds is 4. The van der Waals surface area contributed by atoms with Crippen molar-refractivity contribution in [3.05, 3.63) is 12.4 Å². The number of aromatic nitrogens is 2. The fraction of sp³-hybridized carbons (Fsp3) is 0.600. The number of hydrogen-bond acceptors (Lipinski definition) is 4. The molecule has 0 radical (unpaired) electrons. The second-order valence-corrected chi connectivity index (χ2v) is 4.21. The zero-order chi connectivity index (χ0) is 12.0. The SMILES string of the molecule is CC(C)(C)OC(=O)NCCOc1cn[nH]c1. The smallest absolute Gasteiger partial charge is 0.407 e. The topological polar surface area (TPSA) is 76.2 Å². The molecular weight excluding hydrogens is 210 g/mol. The highest BCUT2D eigenvalue weighted by molar-refractivity contribution is 5.67. The van der Waals surface area contributed by atoms with Gasteiger partial charge in [0.15, 0.2) is 5.75 Å². The van der Waals surface area contributed by atoms with E-state index < -0.39 is 11.7 Å². The Balaban J connectivity index is 2.09. The molecule has 90 valence electrons. The number of ether oxygens (including phenoxy) is 2. The Morgan fingerprint density at radius 2 is 2.31 bits per heavy atom. The molecule has 0 atom stereocenters. The molecule has 6 nitrogen and oxygen atoms in total. The van der Waals surface area contributed by atoms with Gasteiger partial charge in [0.2, 0.25) is 0 Å². The maximum Gasteiger partial charge on any atom is 0.407 e. The van der Waals surface area contributed by atoms with Gasteiger partial charge in [-0.05, 0) is 20.8 Å². The van der Waals surface area contributed by atoms with Crippen molar-refractivity contribution in [1.29, 1.82) is 0 Å². The molecule has 1 aromatic heterocycles. The molecular formula is C10H17N3O3. The molecule has 1 amide bonds. The zero-order valence-corrected chi connectivity index (χ0v) is 9.74. The number of aromatic amines is 1. The predicted octanol–water partition coefficient (Wildman–Crippen LogP) is 1.31. The van der Waals surface area contributed by atoms with Crippen LogP contribution in [0, 0.1) is 0 Å². The van der Waals surface area contributed by atoms with Crippen molar-refractivity contribution >= 4 is 6.09 Å². The van der Waals surface area contributed by atoms with Crippen molar-refractivity contribution in [2.45, 2.75) is 26.4 Å². The second kappa shape index (κ2) is 5.39. The Hall–Kier alpha value is -1.72. The summed E-state index contributed by atoms with van der Waals surface area (Å²) in [5.74, 6) is 0.644. The third-order valence-electron chi connectivity index (χ3n) is 1.51. The van der Waals surface area contributed by atoms with Gasteiger partial charge >= 0.3 is 6.09 Å². The Morgan fingerprint density at radius 3 is 2.88 bits per heavy atom. The largest absolute Gasteiger partial charge is 0.488 e. The summed E-state index contributed by atoms with van der Waals surface area (Å²) in [7, 11) is 0. The van der Waals surface area contributed by atoms with Crippen molar-refractivity contribution in [2.24, 2.45) is 0 Å². The average Bonchev–Trinajstić information content (AvgIpc) is 2.62. The number of amides is 1. The molecule has 0 spiro atoms. The Labute approximate surface area is 94.3 Å². The van der Waals surface area contributed by atoms with E-state index in [0.29, 0.717) is 18.9 Å². The molecule has 0 unspecified atom stereocenters. The molecule has 0 bridgehead atoms. The summed E-state index contributed by atoms with van der Waals surface area (Å²) in [6, 6.07) is 0. The number of alkyl carbamates (subject to hydrolysis) is 1. The van der Waals surface area contributed by atoms with Gasteiger partial charge in [-0.15, -0.1) is 0 Å².